The van der Waals surface area contributed by atoms with E-state index in [0.717, 1.165) is 40.2 Å². The Bertz CT molecular complexity index is 879. The van der Waals surface area contributed by atoms with Gasteiger partial charge in [0.25, 0.3) is 5.91 Å². The number of benzene rings is 1. The number of anilines is 1. The Morgan fingerprint density at radius 3 is 3.09 bits per heavy atom. The van der Waals surface area contributed by atoms with Crippen LogP contribution in [0, 0.1) is 5.92 Å². The number of aromatic nitrogens is 1. The van der Waals surface area contributed by atoms with Crippen LogP contribution in [0.1, 0.15) is 33.5 Å². The number of hydrogen-bond acceptors (Lipinski definition) is 3. The van der Waals surface area contributed by atoms with Gasteiger partial charge in [0, 0.05) is 16.5 Å². The fourth-order valence-corrected chi connectivity index (χ4v) is 4.31. The molecule has 1 aromatic carbocycles. The number of carbonyl (C=O) groups is 1. The fraction of sp³-hybridized carbons (Fsp3) is 0.263. The first kappa shape index (κ1) is 14.4. The number of carbonyl (C=O) groups excluding carboxylic acids is 1. The Morgan fingerprint density at radius 1 is 1.30 bits per heavy atom. The molecule has 2 heterocycles. The lowest BCUT2D eigenvalue weighted by molar-refractivity contribution is 0.103. The highest BCUT2D eigenvalue weighted by atomic mass is 32.1. The summed E-state index contributed by atoms with van der Waals surface area (Å²) in [5, 5.41) is 4.06. The molecule has 0 saturated carbocycles. The van der Waals surface area contributed by atoms with Crippen molar-refractivity contribution in [2.75, 3.05) is 5.32 Å². The van der Waals surface area contributed by atoms with Crippen LogP contribution in [0.25, 0.3) is 10.9 Å². The molecule has 0 saturated heterocycles. The van der Waals surface area contributed by atoms with Crippen molar-refractivity contribution in [2.45, 2.75) is 26.2 Å². The van der Waals surface area contributed by atoms with Crippen LogP contribution >= 0.6 is 11.3 Å². The van der Waals surface area contributed by atoms with E-state index in [-0.39, 0.29) is 5.91 Å². The van der Waals surface area contributed by atoms with Gasteiger partial charge in [-0.1, -0.05) is 25.1 Å². The summed E-state index contributed by atoms with van der Waals surface area (Å²) in [5.41, 5.74) is 2.96. The average molecular weight is 322 g/mol. The molecule has 4 heteroatoms. The largest absolute Gasteiger partial charge is 0.319 e. The number of hydrogen-bond donors (Lipinski definition) is 1. The first-order chi connectivity index (χ1) is 11.2. The third kappa shape index (κ3) is 2.75. The highest BCUT2D eigenvalue weighted by molar-refractivity contribution is 7.14. The molecular weight excluding hydrogens is 304 g/mol. The molecule has 4 rings (SSSR count). The average Bonchev–Trinajstić information content (AvgIpc) is 2.98. The number of aryl methyl sites for hydroxylation is 1. The zero-order valence-electron chi connectivity index (χ0n) is 13.0. The van der Waals surface area contributed by atoms with Crippen LogP contribution in [0.3, 0.4) is 0 Å². The van der Waals surface area contributed by atoms with Gasteiger partial charge >= 0.3 is 0 Å². The molecule has 3 aromatic rings. The molecule has 1 unspecified atom stereocenters. The molecule has 0 aliphatic heterocycles. The number of thiophene rings is 1. The summed E-state index contributed by atoms with van der Waals surface area (Å²) in [6.45, 7) is 2.28. The summed E-state index contributed by atoms with van der Waals surface area (Å²) in [5.74, 6) is 0.686. The van der Waals surface area contributed by atoms with E-state index in [9.17, 15) is 4.79 Å². The summed E-state index contributed by atoms with van der Waals surface area (Å²) in [6.07, 6.45) is 5.17. The minimum atomic E-state index is -0.0322. The standard InChI is InChI=1S/C19H18N2OS/c1-12-7-8-16-14(10-12)11-17(23-16)19(22)21-15-6-2-4-13-5-3-9-20-18(13)15/h2-6,9,11-12H,7-8,10H2,1H3,(H,21,22). The predicted molar refractivity (Wildman–Crippen MR) is 95.2 cm³/mol. The smallest absolute Gasteiger partial charge is 0.265 e. The summed E-state index contributed by atoms with van der Waals surface area (Å²) in [4.78, 5) is 19.2. The van der Waals surface area contributed by atoms with Crippen molar-refractivity contribution in [1.29, 1.82) is 0 Å². The SMILES string of the molecule is CC1CCc2sc(C(=O)Nc3cccc4cccnc34)cc2C1. The minimum Gasteiger partial charge on any atom is -0.319 e. The second-order valence-corrected chi connectivity index (χ2v) is 7.38. The van der Waals surface area contributed by atoms with E-state index in [1.54, 1.807) is 17.5 Å². The Hall–Kier alpha value is -2.20. The Balaban J connectivity index is 1.63. The molecule has 0 fully saturated rings. The van der Waals surface area contributed by atoms with Gasteiger partial charge in [-0.05, 0) is 48.9 Å². The van der Waals surface area contributed by atoms with Crippen LogP contribution < -0.4 is 5.32 Å². The molecule has 116 valence electrons. The first-order valence-corrected chi connectivity index (χ1v) is 8.79. The van der Waals surface area contributed by atoms with Crippen LogP contribution in [0.15, 0.2) is 42.6 Å². The van der Waals surface area contributed by atoms with E-state index in [4.69, 9.17) is 0 Å². The molecular formula is C19H18N2OS. The molecule has 23 heavy (non-hydrogen) atoms. The predicted octanol–water partition coefficient (Wildman–Crippen LogP) is 4.67. The van der Waals surface area contributed by atoms with E-state index in [1.165, 1.54) is 16.9 Å². The van der Waals surface area contributed by atoms with Crippen LogP contribution in [-0.2, 0) is 12.8 Å². The highest BCUT2D eigenvalue weighted by Gasteiger charge is 2.21. The van der Waals surface area contributed by atoms with Crippen molar-refractivity contribution in [3.05, 3.63) is 57.9 Å². The maximum Gasteiger partial charge on any atom is 0.265 e. The summed E-state index contributed by atoms with van der Waals surface area (Å²) >= 11 is 1.64. The summed E-state index contributed by atoms with van der Waals surface area (Å²) in [6, 6.07) is 11.8. The number of nitrogens with zero attached hydrogens (tertiary/aromatic N) is 1. The lowest BCUT2D eigenvalue weighted by Crippen LogP contribution is -2.10. The Kier molecular flexibility index (Phi) is 3.62. The van der Waals surface area contributed by atoms with E-state index in [0.29, 0.717) is 0 Å². The Labute approximate surface area is 139 Å². The van der Waals surface area contributed by atoms with Gasteiger partial charge in [0.2, 0.25) is 0 Å². The van der Waals surface area contributed by atoms with Crippen molar-refractivity contribution in [3.63, 3.8) is 0 Å². The highest BCUT2D eigenvalue weighted by Crippen LogP contribution is 2.32. The van der Waals surface area contributed by atoms with Gasteiger partial charge in [-0.2, -0.15) is 0 Å². The zero-order valence-corrected chi connectivity index (χ0v) is 13.8. The van der Waals surface area contributed by atoms with Crippen molar-refractivity contribution in [2.24, 2.45) is 5.92 Å². The molecule has 1 amide bonds. The molecule has 1 aliphatic carbocycles. The fourth-order valence-electron chi connectivity index (χ4n) is 3.21. The molecule has 0 spiro atoms. The van der Waals surface area contributed by atoms with Gasteiger partial charge in [0.1, 0.15) is 0 Å². The first-order valence-electron chi connectivity index (χ1n) is 7.97. The molecule has 0 bridgehead atoms. The van der Waals surface area contributed by atoms with Crippen LogP contribution in [-0.4, -0.2) is 10.9 Å². The molecule has 1 N–H and O–H groups in total. The number of amides is 1. The van der Waals surface area contributed by atoms with Crippen molar-refractivity contribution in [3.8, 4) is 0 Å². The molecule has 2 aromatic heterocycles. The van der Waals surface area contributed by atoms with Crippen molar-refractivity contribution in [1.82, 2.24) is 4.98 Å². The third-order valence-electron chi connectivity index (χ3n) is 4.43. The van der Waals surface area contributed by atoms with E-state index in [2.05, 4.69) is 23.3 Å². The van der Waals surface area contributed by atoms with Crippen LogP contribution in [0.2, 0.25) is 0 Å². The van der Waals surface area contributed by atoms with E-state index < -0.39 is 0 Å². The molecule has 1 aliphatic rings. The zero-order chi connectivity index (χ0) is 15.8. The topological polar surface area (TPSA) is 42.0 Å². The summed E-state index contributed by atoms with van der Waals surface area (Å²) in [7, 11) is 0. The molecule has 3 nitrogen and oxygen atoms in total. The van der Waals surface area contributed by atoms with Gasteiger partial charge in [-0.15, -0.1) is 11.3 Å². The molecule has 1 atom stereocenters. The second-order valence-electron chi connectivity index (χ2n) is 6.24. The van der Waals surface area contributed by atoms with E-state index >= 15 is 0 Å². The van der Waals surface area contributed by atoms with Gasteiger partial charge in [-0.3, -0.25) is 9.78 Å². The lowest BCUT2D eigenvalue weighted by Gasteiger charge is -2.16. The molecule has 0 radical (unpaired) electrons. The van der Waals surface area contributed by atoms with Gasteiger partial charge in [0.05, 0.1) is 16.1 Å². The van der Waals surface area contributed by atoms with E-state index in [1.807, 2.05) is 30.3 Å². The monoisotopic (exact) mass is 322 g/mol. The maximum absolute atomic E-state index is 12.6. The normalized spacial score (nSPS) is 17.0. The lowest BCUT2D eigenvalue weighted by atomic mass is 9.90. The van der Waals surface area contributed by atoms with Gasteiger partial charge < -0.3 is 5.32 Å². The van der Waals surface area contributed by atoms with Gasteiger partial charge in [-0.25, -0.2) is 0 Å². The number of para-hydroxylation sites is 1. The third-order valence-corrected chi connectivity index (χ3v) is 5.67. The second kappa shape index (κ2) is 5.78. The Morgan fingerprint density at radius 2 is 2.17 bits per heavy atom. The van der Waals surface area contributed by atoms with Crippen LogP contribution in [0.4, 0.5) is 5.69 Å². The van der Waals surface area contributed by atoms with Gasteiger partial charge in [0.15, 0.2) is 0 Å². The number of pyridine rings is 1. The maximum atomic E-state index is 12.6. The quantitative estimate of drug-likeness (QED) is 0.745. The number of rotatable bonds is 2. The number of fused-ring (bicyclic) bond motifs is 2. The van der Waals surface area contributed by atoms with Crippen LogP contribution in [0.5, 0.6) is 0 Å². The summed E-state index contributed by atoms with van der Waals surface area (Å²) < 4.78 is 0. The van der Waals surface area contributed by atoms with Crippen molar-refractivity contribution >= 4 is 33.8 Å². The number of nitrogens with one attached hydrogen (secondary N) is 1. The van der Waals surface area contributed by atoms with Crippen molar-refractivity contribution < 1.29 is 4.79 Å². The minimum absolute atomic E-state index is 0.0322.